The molecule has 1 saturated heterocycles. The van der Waals surface area contributed by atoms with Crippen molar-refractivity contribution in [1.82, 2.24) is 5.32 Å². The van der Waals surface area contributed by atoms with Crippen molar-refractivity contribution < 1.29 is 23.9 Å². The van der Waals surface area contributed by atoms with Crippen molar-refractivity contribution in [3.8, 4) is 11.3 Å². The minimum atomic E-state index is -1.13. The van der Waals surface area contributed by atoms with Gasteiger partial charge in [0.25, 0.3) is 11.8 Å². The number of halogens is 1. The molecule has 0 bridgehead atoms. The summed E-state index contributed by atoms with van der Waals surface area (Å²) in [5.41, 5.74) is 1.93. The van der Waals surface area contributed by atoms with Crippen LogP contribution in [0.25, 0.3) is 17.4 Å². The van der Waals surface area contributed by atoms with Crippen molar-refractivity contribution >= 4 is 58.5 Å². The van der Waals surface area contributed by atoms with E-state index in [4.69, 9.17) is 33.3 Å². The zero-order valence-electron chi connectivity index (χ0n) is 16.6. The van der Waals surface area contributed by atoms with Crippen LogP contribution >= 0.6 is 23.8 Å². The first-order chi connectivity index (χ1) is 15.2. The van der Waals surface area contributed by atoms with Crippen LogP contribution in [0.2, 0.25) is 5.02 Å². The first kappa shape index (κ1) is 21.5. The molecule has 2 aromatic carbocycles. The number of benzene rings is 2. The quantitative estimate of drug-likeness (QED) is 0.335. The maximum Gasteiger partial charge on any atom is 0.337 e. The Balaban J connectivity index is 1.65. The number of nitrogens with zero attached hydrogens (tertiary/aromatic N) is 1. The number of nitrogens with one attached hydrogen (secondary N) is 1. The van der Waals surface area contributed by atoms with E-state index in [0.29, 0.717) is 17.0 Å². The Bertz CT molecular complexity index is 1310. The number of furan rings is 1. The molecule has 2 amide bonds. The lowest BCUT2D eigenvalue weighted by Crippen LogP contribution is -2.54. The van der Waals surface area contributed by atoms with Crippen LogP contribution in [0, 0.1) is 6.92 Å². The van der Waals surface area contributed by atoms with Crippen LogP contribution in [0.5, 0.6) is 0 Å². The molecule has 1 fully saturated rings. The molecule has 0 radical (unpaired) electrons. The fourth-order valence-corrected chi connectivity index (χ4v) is 3.70. The van der Waals surface area contributed by atoms with E-state index in [9.17, 15) is 14.4 Å². The zero-order chi connectivity index (χ0) is 23.0. The molecule has 0 saturated carbocycles. The average Bonchev–Trinajstić information content (AvgIpc) is 3.21. The summed E-state index contributed by atoms with van der Waals surface area (Å²) < 4.78 is 5.74. The summed E-state index contributed by atoms with van der Waals surface area (Å²) in [6.07, 6.45) is 1.33. The Morgan fingerprint density at radius 3 is 2.50 bits per heavy atom. The van der Waals surface area contributed by atoms with Gasteiger partial charge in [-0.15, -0.1) is 0 Å². The van der Waals surface area contributed by atoms with Crippen molar-refractivity contribution in [2.24, 2.45) is 0 Å². The van der Waals surface area contributed by atoms with E-state index >= 15 is 0 Å². The number of aryl methyl sites for hydroxylation is 1. The van der Waals surface area contributed by atoms with Crippen LogP contribution in [0.15, 0.2) is 64.6 Å². The van der Waals surface area contributed by atoms with Crippen molar-refractivity contribution in [2.75, 3.05) is 4.90 Å². The second kappa shape index (κ2) is 8.41. The van der Waals surface area contributed by atoms with Gasteiger partial charge in [-0.25, -0.2) is 4.79 Å². The van der Waals surface area contributed by atoms with E-state index < -0.39 is 17.8 Å². The summed E-state index contributed by atoms with van der Waals surface area (Å²) in [4.78, 5) is 37.9. The molecule has 0 unspecified atom stereocenters. The van der Waals surface area contributed by atoms with Crippen LogP contribution in [0.3, 0.4) is 0 Å². The summed E-state index contributed by atoms with van der Waals surface area (Å²) in [6, 6.07) is 14.8. The van der Waals surface area contributed by atoms with Crippen LogP contribution in [0.1, 0.15) is 21.7 Å². The molecular formula is C23H15ClN2O5S. The molecule has 4 rings (SSSR count). The number of amides is 2. The number of aromatic carboxylic acids is 1. The van der Waals surface area contributed by atoms with Gasteiger partial charge in [-0.2, -0.15) is 0 Å². The highest BCUT2D eigenvalue weighted by atomic mass is 35.5. The SMILES string of the molecule is Cc1ccc(N2C(=O)C(=Cc3ccc(-c4ccc(C(=O)O)c(Cl)c4)o3)C(=O)NC2=S)cc1. The number of hydrogen-bond donors (Lipinski definition) is 2. The van der Waals surface area contributed by atoms with Gasteiger partial charge in [0.15, 0.2) is 5.11 Å². The van der Waals surface area contributed by atoms with E-state index in [1.165, 1.54) is 23.1 Å². The van der Waals surface area contributed by atoms with Crippen molar-refractivity contribution in [2.45, 2.75) is 6.92 Å². The molecule has 2 heterocycles. The van der Waals surface area contributed by atoms with Crippen molar-refractivity contribution in [3.63, 3.8) is 0 Å². The number of hydrogen-bond acceptors (Lipinski definition) is 5. The molecular weight excluding hydrogens is 452 g/mol. The lowest BCUT2D eigenvalue weighted by atomic mass is 10.1. The van der Waals surface area contributed by atoms with Gasteiger partial charge in [0.1, 0.15) is 17.1 Å². The van der Waals surface area contributed by atoms with Gasteiger partial charge < -0.3 is 9.52 Å². The molecule has 0 atom stereocenters. The highest BCUT2D eigenvalue weighted by Gasteiger charge is 2.34. The highest BCUT2D eigenvalue weighted by Crippen LogP contribution is 2.29. The molecule has 32 heavy (non-hydrogen) atoms. The number of thiocarbonyl (C=S) groups is 1. The molecule has 1 aliphatic rings. The maximum atomic E-state index is 13.1. The van der Waals surface area contributed by atoms with Gasteiger partial charge in [0.05, 0.1) is 16.3 Å². The molecule has 1 aromatic heterocycles. The molecule has 7 nitrogen and oxygen atoms in total. The van der Waals surface area contributed by atoms with E-state index in [1.807, 2.05) is 19.1 Å². The fourth-order valence-electron chi connectivity index (χ4n) is 3.16. The van der Waals surface area contributed by atoms with Gasteiger partial charge in [0.2, 0.25) is 0 Å². The Labute approximate surface area is 192 Å². The van der Waals surface area contributed by atoms with Crippen LogP contribution in [-0.2, 0) is 9.59 Å². The third-order valence-electron chi connectivity index (χ3n) is 4.79. The summed E-state index contributed by atoms with van der Waals surface area (Å²) in [5, 5.41) is 11.7. The second-order valence-electron chi connectivity index (χ2n) is 7.00. The molecule has 9 heteroatoms. The first-order valence-electron chi connectivity index (χ1n) is 9.36. The van der Waals surface area contributed by atoms with Gasteiger partial charge >= 0.3 is 5.97 Å². The van der Waals surface area contributed by atoms with E-state index in [2.05, 4.69) is 5.32 Å². The maximum absolute atomic E-state index is 13.1. The normalized spacial score (nSPS) is 15.2. The number of rotatable bonds is 4. The third-order valence-corrected chi connectivity index (χ3v) is 5.39. The first-order valence-corrected chi connectivity index (χ1v) is 10.1. The van der Waals surface area contributed by atoms with Crippen molar-refractivity contribution in [3.05, 3.63) is 82.1 Å². The predicted octanol–water partition coefficient (Wildman–Crippen LogP) is 4.44. The molecule has 160 valence electrons. The number of carbonyl (C=O) groups excluding carboxylic acids is 2. The van der Waals surface area contributed by atoms with Crippen molar-refractivity contribution in [1.29, 1.82) is 0 Å². The number of carbonyl (C=O) groups is 3. The Morgan fingerprint density at radius 2 is 1.84 bits per heavy atom. The number of anilines is 1. The lowest BCUT2D eigenvalue weighted by molar-refractivity contribution is -0.122. The Morgan fingerprint density at radius 1 is 1.12 bits per heavy atom. The predicted molar refractivity (Wildman–Crippen MR) is 123 cm³/mol. The largest absolute Gasteiger partial charge is 0.478 e. The number of carboxylic acid groups (broad SMARTS) is 1. The summed E-state index contributed by atoms with van der Waals surface area (Å²) in [6.45, 7) is 1.92. The van der Waals surface area contributed by atoms with Gasteiger partial charge in [-0.05, 0) is 61.6 Å². The smallest absolute Gasteiger partial charge is 0.337 e. The van der Waals surface area contributed by atoms with E-state index in [-0.39, 0.29) is 27.0 Å². The number of carboxylic acids is 1. The summed E-state index contributed by atoms with van der Waals surface area (Å²) >= 11 is 11.2. The molecule has 3 aromatic rings. The summed E-state index contributed by atoms with van der Waals surface area (Å²) in [5.74, 6) is -1.69. The zero-order valence-corrected chi connectivity index (χ0v) is 18.2. The van der Waals surface area contributed by atoms with E-state index in [0.717, 1.165) is 5.56 Å². The van der Waals surface area contributed by atoms with Gasteiger partial charge in [-0.3, -0.25) is 19.8 Å². The Hall–Kier alpha value is -3.75. The topological polar surface area (TPSA) is 99.8 Å². The summed E-state index contributed by atoms with van der Waals surface area (Å²) in [7, 11) is 0. The van der Waals surface area contributed by atoms with Gasteiger partial charge in [-0.1, -0.05) is 35.4 Å². The minimum absolute atomic E-state index is 0.00528. The average molecular weight is 467 g/mol. The molecule has 0 spiro atoms. The molecule has 2 N–H and O–H groups in total. The van der Waals surface area contributed by atoms with E-state index in [1.54, 1.807) is 30.3 Å². The van der Waals surface area contributed by atoms with Gasteiger partial charge in [0, 0.05) is 5.56 Å². The van der Waals surface area contributed by atoms with Crippen LogP contribution < -0.4 is 10.2 Å². The van der Waals surface area contributed by atoms with Crippen LogP contribution in [0.4, 0.5) is 5.69 Å². The standard InChI is InChI=1S/C23H15ClN2O5S/c1-12-2-5-14(6-3-12)26-21(28)17(20(27)25-23(26)32)11-15-7-9-19(31-15)13-4-8-16(22(29)30)18(24)10-13/h2-11H,1H3,(H,29,30)(H,25,27,32). The molecule has 1 aliphatic heterocycles. The minimum Gasteiger partial charge on any atom is -0.478 e. The monoisotopic (exact) mass is 466 g/mol. The Kier molecular flexibility index (Phi) is 5.65. The molecule has 0 aliphatic carbocycles. The lowest BCUT2D eigenvalue weighted by Gasteiger charge is -2.28. The highest BCUT2D eigenvalue weighted by molar-refractivity contribution is 7.80. The third kappa shape index (κ3) is 4.05. The fraction of sp³-hybridized carbons (Fsp3) is 0.0435. The second-order valence-corrected chi connectivity index (χ2v) is 7.79. The van der Waals surface area contributed by atoms with Crippen LogP contribution in [-0.4, -0.2) is 28.0 Å².